The number of benzene rings is 1. The van der Waals surface area contributed by atoms with Crippen LogP contribution in [-0.4, -0.2) is 13.7 Å². The predicted molar refractivity (Wildman–Crippen MR) is 85.9 cm³/mol. The molecule has 0 bridgehead atoms. The summed E-state index contributed by atoms with van der Waals surface area (Å²) in [5.41, 5.74) is 1.22. The molecule has 0 saturated carbocycles. The van der Waals surface area contributed by atoms with Crippen molar-refractivity contribution in [3.05, 3.63) is 28.2 Å². The molecule has 1 N–H and O–H groups in total. The van der Waals surface area contributed by atoms with E-state index < -0.39 is 0 Å². The fourth-order valence-electron chi connectivity index (χ4n) is 2.03. The lowest BCUT2D eigenvalue weighted by Crippen LogP contribution is -2.14. The summed E-state index contributed by atoms with van der Waals surface area (Å²) in [6.45, 7) is 5.20. The Kier molecular flexibility index (Phi) is 8.15. The van der Waals surface area contributed by atoms with Crippen LogP contribution in [0.25, 0.3) is 0 Å². The van der Waals surface area contributed by atoms with Crippen LogP contribution in [0.5, 0.6) is 5.75 Å². The van der Waals surface area contributed by atoms with E-state index in [-0.39, 0.29) is 0 Å². The van der Waals surface area contributed by atoms with Gasteiger partial charge in [-0.3, -0.25) is 0 Å². The Balaban J connectivity index is 2.49. The van der Waals surface area contributed by atoms with Crippen molar-refractivity contribution in [2.24, 2.45) is 0 Å². The summed E-state index contributed by atoms with van der Waals surface area (Å²) in [5, 5.41) is 3.26. The van der Waals surface area contributed by atoms with E-state index in [1.807, 2.05) is 7.05 Å². The van der Waals surface area contributed by atoms with Crippen molar-refractivity contribution in [2.45, 2.75) is 52.0 Å². The molecule has 0 radical (unpaired) electrons. The van der Waals surface area contributed by atoms with Crippen LogP contribution in [0.4, 0.5) is 0 Å². The lowest BCUT2D eigenvalue weighted by Gasteiger charge is -2.17. The highest BCUT2D eigenvalue weighted by Crippen LogP contribution is 2.28. The average molecular weight is 328 g/mol. The first-order valence-corrected chi connectivity index (χ1v) is 8.07. The number of halogens is 1. The van der Waals surface area contributed by atoms with Gasteiger partial charge in [-0.2, -0.15) is 0 Å². The Labute approximate surface area is 126 Å². The van der Waals surface area contributed by atoms with Crippen LogP contribution >= 0.6 is 15.9 Å². The second-order valence-electron chi connectivity index (χ2n) is 4.96. The molecule has 108 valence electrons. The number of ether oxygens (including phenoxy) is 1. The summed E-state index contributed by atoms with van der Waals surface area (Å²) < 4.78 is 7.02. The Morgan fingerprint density at radius 3 is 2.63 bits per heavy atom. The van der Waals surface area contributed by atoms with Crippen LogP contribution in [0.15, 0.2) is 22.7 Å². The summed E-state index contributed by atoms with van der Waals surface area (Å²) in [7, 11) is 1.97. The molecule has 0 heterocycles. The fourth-order valence-corrected chi connectivity index (χ4v) is 2.37. The number of unbranched alkanes of at least 4 members (excludes halogenated alkanes) is 4. The maximum absolute atomic E-state index is 5.95. The minimum absolute atomic E-state index is 0.309. The van der Waals surface area contributed by atoms with E-state index in [2.05, 4.69) is 53.3 Å². The molecular weight excluding hydrogens is 302 g/mol. The van der Waals surface area contributed by atoms with E-state index in [0.717, 1.165) is 23.2 Å². The summed E-state index contributed by atoms with van der Waals surface area (Å²) in [6, 6.07) is 6.56. The molecule has 1 aromatic rings. The summed E-state index contributed by atoms with van der Waals surface area (Å²) >= 11 is 3.51. The van der Waals surface area contributed by atoms with Crippen LogP contribution in [0.3, 0.4) is 0 Å². The third kappa shape index (κ3) is 5.96. The lowest BCUT2D eigenvalue weighted by atomic mass is 10.1. The minimum atomic E-state index is 0.309. The molecule has 1 rings (SSSR count). The van der Waals surface area contributed by atoms with E-state index in [1.165, 1.54) is 31.2 Å². The van der Waals surface area contributed by atoms with Crippen molar-refractivity contribution >= 4 is 15.9 Å². The van der Waals surface area contributed by atoms with Gasteiger partial charge in [0.2, 0.25) is 0 Å². The zero-order valence-corrected chi connectivity index (χ0v) is 13.9. The van der Waals surface area contributed by atoms with Crippen molar-refractivity contribution in [1.29, 1.82) is 0 Å². The van der Waals surface area contributed by atoms with Gasteiger partial charge >= 0.3 is 0 Å². The monoisotopic (exact) mass is 327 g/mol. The molecule has 0 saturated heterocycles. The maximum atomic E-state index is 5.95. The smallest absolute Gasteiger partial charge is 0.125 e. The molecule has 0 aliphatic heterocycles. The van der Waals surface area contributed by atoms with E-state index in [9.17, 15) is 0 Å². The number of hydrogen-bond donors (Lipinski definition) is 1. The molecule has 0 amide bonds. The summed E-state index contributed by atoms with van der Waals surface area (Å²) in [6.07, 6.45) is 6.34. The van der Waals surface area contributed by atoms with Crippen LogP contribution in [-0.2, 0) is 0 Å². The van der Waals surface area contributed by atoms with Crippen LogP contribution in [0.2, 0.25) is 0 Å². The standard InChI is InChI=1S/C16H26BrNO/c1-4-5-6-7-8-11-19-16-12-14(17)9-10-15(16)13(2)18-3/h9-10,12-13,18H,4-8,11H2,1-3H3. The Bertz CT molecular complexity index is 368. The highest BCUT2D eigenvalue weighted by molar-refractivity contribution is 9.10. The van der Waals surface area contributed by atoms with Gasteiger partial charge < -0.3 is 10.1 Å². The Hall–Kier alpha value is -0.540. The molecule has 0 spiro atoms. The number of nitrogens with one attached hydrogen (secondary N) is 1. The third-order valence-electron chi connectivity index (χ3n) is 3.38. The number of rotatable bonds is 9. The second-order valence-corrected chi connectivity index (χ2v) is 5.87. The lowest BCUT2D eigenvalue weighted by molar-refractivity contribution is 0.299. The Morgan fingerprint density at radius 1 is 1.21 bits per heavy atom. The molecule has 0 aliphatic rings. The van der Waals surface area contributed by atoms with E-state index in [0.29, 0.717) is 6.04 Å². The predicted octanol–water partition coefficient (Wildman–Crippen LogP) is 5.08. The molecular formula is C16H26BrNO. The highest BCUT2D eigenvalue weighted by atomic mass is 79.9. The van der Waals surface area contributed by atoms with Crippen molar-refractivity contribution < 1.29 is 4.74 Å². The first kappa shape index (κ1) is 16.5. The van der Waals surface area contributed by atoms with Gasteiger partial charge in [0, 0.05) is 16.1 Å². The van der Waals surface area contributed by atoms with Gasteiger partial charge in [-0.25, -0.2) is 0 Å². The summed E-state index contributed by atoms with van der Waals surface area (Å²) in [5.74, 6) is 0.992. The van der Waals surface area contributed by atoms with E-state index in [1.54, 1.807) is 0 Å². The highest BCUT2D eigenvalue weighted by Gasteiger charge is 2.10. The molecule has 19 heavy (non-hydrogen) atoms. The normalized spacial score (nSPS) is 12.4. The van der Waals surface area contributed by atoms with Gasteiger partial charge in [0.25, 0.3) is 0 Å². The molecule has 0 aromatic heterocycles. The largest absolute Gasteiger partial charge is 0.493 e. The van der Waals surface area contributed by atoms with Crippen LogP contribution in [0, 0.1) is 0 Å². The molecule has 0 fully saturated rings. The average Bonchev–Trinajstić information content (AvgIpc) is 2.42. The van der Waals surface area contributed by atoms with Gasteiger partial charge in [0.05, 0.1) is 6.61 Å². The summed E-state index contributed by atoms with van der Waals surface area (Å²) in [4.78, 5) is 0. The fraction of sp³-hybridized carbons (Fsp3) is 0.625. The minimum Gasteiger partial charge on any atom is -0.493 e. The zero-order valence-electron chi connectivity index (χ0n) is 12.3. The quantitative estimate of drug-likeness (QED) is 0.638. The van der Waals surface area contributed by atoms with Crippen molar-refractivity contribution in [1.82, 2.24) is 5.32 Å². The van der Waals surface area contributed by atoms with Gasteiger partial charge in [0.15, 0.2) is 0 Å². The Morgan fingerprint density at radius 2 is 1.95 bits per heavy atom. The number of hydrogen-bond acceptors (Lipinski definition) is 2. The zero-order chi connectivity index (χ0) is 14.1. The SMILES string of the molecule is CCCCCCCOc1cc(Br)ccc1C(C)NC. The van der Waals surface area contributed by atoms with E-state index >= 15 is 0 Å². The maximum Gasteiger partial charge on any atom is 0.125 e. The van der Waals surface area contributed by atoms with Gasteiger partial charge in [-0.1, -0.05) is 54.6 Å². The van der Waals surface area contributed by atoms with Crippen molar-refractivity contribution in [3.8, 4) is 5.75 Å². The molecule has 3 heteroatoms. The molecule has 2 nitrogen and oxygen atoms in total. The van der Waals surface area contributed by atoms with E-state index in [4.69, 9.17) is 4.74 Å². The second kappa shape index (κ2) is 9.38. The van der Waals surface area contributed by atoms with Crippen LogP contribution in [0.1, 0.15) is 57.6 Å². The van der Waals surface area contributed by atoms with Crippen LogP contribution < -0.4 is 10.1 Å². The molecule has 1 aromatic carbocycles. The van der Waals surface area contributed by atoms with Gasteiger partial charge in [-0.15, -0.1) is 0 Å². The topological polar surface area (TPSA) is 21.3 Å². The first-order chi connectivity index (χ1) is 9.19. The molecule has 1 unspecified atom stereocenters. The van der Waals surface area contributed by atoms with Gasteiger partial charge in [0.1, 0.15) is 5.75 Å². The molecule has 1 atom stereocenters. The third-order valence-corrected chi connectivity index (χ3v) is 3.87. The van der Waals surface area contributed by atoms with Crippen molar-refractivity contribution in [3.63, 3.8) is 0 Å². The van der Waals surface area contributed by atoms with Gasteiger partial charge in [-0.05, 0) is 32.5 Å². The molecule has 0 aliphatic carbocycles. The first-order valence-electron chi connectivity index (χ1n) is 7.28. The van der Waals surface area contributed by atoms with Crippen molar-refractivity contribution in [2.75, 3.05) is 13.7 Å².